The Labute approximate surface area is 201 Å². The second-order valence-electron chi connectivity index (χ2n) is 11.8. The van der Waals surface area contributed by atoms with E-state index in [0.29, 0.717) is 29.6 Å². The van der Waals surface area contributed by atoms with E-state index in [2.05, 4.69) is 23.7 Å². The van der Waals surface area contributed by atoms with Gasteiger partial charge in [-0.25, -0.2) is 9.78 Å². The van der Waals surface area contributed by atoms with Crippen LogP contribution in [0.5, 0.6) is 0 Å². The van der Waals surface area contributed by atoms with Crippen LogP contribution in [0.15, 0.2) is 29.1 Å². The smallest absolute Gasteiger partial charge is 0.360 e. The topological polar surface area (TPSA) is 75.4 Å². The van der Waals surface area contributed by atoms with Gasteiger partial charge < -0.3 is 9.67 Å². The molecule has 4 fully saturated rings. The summed E-state index contributed by atoms with van der Waals surface area (Å²) in [6.45, 7) is 4.85. The van der Waals surface area contributed by atoms with E-state index in [1.165, 1.54) is 44.9 Å². The normalized spacial score (nSPS) is 38.1. The minimum Gasteiger partial charge on any atom is -0.476 e. The summed E-state index contributed by atoms with van der Waals surface area (Å²) in [7, 11) is 0. The summed E-state index contributed by atoms with van der Waals surface area (Å²) < 4.78 is 1.79. The van der Waals surface area contributed by atoms with Crippen molar-refractivity contribution in [3.63, 3.8) is 0 Å². The van der Waals surface area contributed by atoms with Gasteiger partial charge in [0.05, 0.1) is 11.0 Å². The van der Waals surface area contributed by atoms with Gasteiger partial charge in [-0.1, -0.05) is 38.8 Å². The van der Waals surface area contributed by atoms with E-state index in [0.717, 1.165) is 36.1 Å². The van der Waals surface area contributed by atoms with Crippen molar-refractivity contribution in [1.82, 2.24) is 14.5 Å². The molecule has 2 aromatic rings. The summed E-state index contributed by atoms with van der Waals surface area (Å²) in [6, 6.07) is 9.15. The highest BCUT2D eigenvalue weighted by Gasteiger charge is 2.48. The molecule has 4 bridgehead atoms. The molecule has 34 heavy (non-hydrogen) atoms. The first-order chi connectivity index (χ1) is 16.4. The molecule has 2 aliphatic carbocycles. The zero-order valence-corrected chi connectivity index (χ0v) is 20.4. The maximum Gasteiger partial charge on any atom is 0.360 e. The van der Waals surface area contributed by atoms with Gasteiger partial charge in [0, 0.05) is 24.2 Å². The van der Waals surface area contributed by atoms with Crippen LogP contribution in [0.25, 0.3) is 11.0 Å². The number of fused-ring (bicyclic) bond motifs is 5. The van der Waals surface area contributed by atoms with Gasteiger partial charge in [-0.05, 0) is 80.8 Å². The number of benzene rings is 1. The summed E-state index contributed by atoms with van der Waals surface area (Å²) in [5, 5.41) is 9.68. The Morgan fingerprint density at radius 1 is 0.912 bits per heavy atom. The second-order valence-corrected chi connectivity index (χ2v) is 11.8. The molecule has 1 aromatic heterocycles. The third-order valence-electron chi connectivity index (χ3n) is 9.91. The van der Waals surface area contributed by atoms with Crippen molar-refractivity contribution in [1.29, 1.82) is 0 Å². The number of para-hydroxylation sites is 2. The summed E-state index contributed by atoms with van der Waals surface area (Å²) in [6.07, 6.45) is 11.2. The van der Waals surface area contributed by atoms with Crippen LogP contribution in [0.2, 0.25) is 0 Å². The Bertz CT molecular complexity index is 1160. The largest absolute Gasteiger partial charge is 0.476 e. The van der Waals surface area contributed by atoms with Crippen molar-refractivity contribution in [2.75, 3.05) is 0 Å². The molecule has 2 saturated carbocycles. The molecule has 2 aliphatic heterocycles. The number of hydrogen-bond donors (Lipinski definition) is 1. The fourth-order valence-corrected chi connectivity index (χ4v) is 8.21. The van der Waals surface area contributed by atoms with Gasteiger partial charge in [-0.15, -0.1) is 0 Å². The van der Waals surface area contributed by atoms with Gasteiger partial charge in [0.2, 0.25) is 5.69 Å². The van der Waals surface area contributed by atoms with Crippen molar-refractivity contribution in [2.45, 2.75) is 95.8 Å². The number of rotatable bonds is 3. The number of piperidine rings is 2. The summed E-state index contributed by atoms with van der Waals surface area (Å²) in [5.74, 6) is 1.97. The number of carbonyl (C=O) groups is 1. The SMILES string of the molecule is C[C@@H]1CC[C@@H]2C[C@H]1C[C@@H](N1[C@H]3CC[C@@H](C)[C@@H]1C[C@H](n1c(=O)c(C(=O)O)nc4ccccc41)C3)C2. The summed E-state index contributed by atoms with van der Waals surface area (Å²) in [4.78, 5) is 32.3. The zero-order valence-electron chi connectivity index (χ0n) is 20.4. The van der Waals surface area contributed by atoms with Gasteiger partial charge in [0.1, 0.15) is 0 Å². The molecule has 0 spiro atoms. The number of aromatic carboxylic acids is 1. The molecule has 3 heterocycles. The molecule has 0 radical (unpaired) electrons. The lowest BCUT2D eigenvalue weighted by Gasteiger charge is -2.57. The van der Waals surface area contributed by atoms with Gasteiger partial charge in [0.15, 0.2) is 0 Å². The molecule has 0 unspecified atom stereocenters. The predicted molar refractivity (Wildman–Crippen MR) is 132 cm³/mol. The molecule has 1 N–H and O–H groups in total. The number of aromatic nitrogens is 2. The molecule has 4 aliphatic rings. The lowest BCUT2D eigenvalue weighted by Crippen LogP contribution is -2.61. The van der Waals surface area contributed by atoms with Crippen molar-refractivity contribution < 1.29 is 9.90 Å². The van der Waals surface area contributed by atoms with E-state index >= 15 is 0 Å². The minimum absolute atomic E-state index is 0.0227. The van der Waals surface area contributed by atoms with E-state index in [4.69, 9.17) is 0 Å². The highest BCUT2D eigenvalue weighted by Crippen LogP contribution is 2.49. The average molecular weight is 464 g/mol. The maximum absolute atomic E-state index is 13.4. The Kier molecular flexibility index (Phi) is 5.55. The van der Waals surface area contributed by atoms with Crippen LogP contribution in [-0.2, 0) is 0 Å². The highest BCUT2D eigenvalue weighted by atomic mass is 16.4. The quantitative estimate of drug-likeness (QED) is 0.684. The maximum atomic E-state index is 13.4. The molecular weight excluding hydrogens is 426 g/mol. The highest BCUT2D eigenvalue weighted by molar-refractivity contribution is 5.88. The fraction of sp³-hybridized carbons (Fsp3) is 0.679. The Morgan fingerprint density at radius 2 is 1.71 bits per heavy atom. The van der Waals surface area contributed by atoms with Crippen LogP contribution in [0.4, 0.5) is 0 Å². The molecule has 8 atom stereocenters. The molecule has 6 heteroatoms. The third-order valence-corrected chi connectivity index (χ3v) is 9.91. The molecule has 182 valence electrons. The van der Waals surface area contributed by atoms with E-state index in [1.807, 2.05) is 24.3 Å². The monoisotopic (exact) mass is 463 g/mol. The number of carboxylic acid groups (broad SMARTS) is 1. The lowest BCUT2D eigenvalue weighted by molar-refractivity contribution is -0.0744. The van der Waals surface area contributed by atoms with Gasteiger partial charge in [-0.3, -0.25) is 9.69 Å². The van der Waals surface area contributed by atoms with E-state index in [1.54, 1.807) is 4.57 Å². The predicted octanol–water partition coefficient (Wildman–Crippen LogP) is 5.11. The standard InChI is InChI=1S/C28H37N3O3/c1-16-7-9-18-11-19(16)13-21(12-18)30-20-10-8-17(2)25(30)15-22(14-20)31-24-6-4-3-5-23(24)29-26(27(31)32)28(33)34/h3-6,16-22,25H,7-15H2,1-2H3,(H,33,34)/t16-,17-,18-,19+,20+,21+,22-,25+/m1/s1. The van der Waals surface area contributed by atoms with Crippen LogP contribution in [0, 0.1) is 23.7 Å². The Hall–Kier alpha value is -2.21. The first kappa shape index (κ1) is 22.3. The van der Waals surface area contributed by atoms with Crippen molar-refractivity contribution in [2.24, 2.45) is 23.7 Å². The molecule has 6 rings (SSSR count). The van der Waals surface area contributed by atoms with Crippen molar-refractivity contribution in [3.8, 4) is 0 Å². The minimum atomic E-state index is -1.24. The van der Waals surface area contributed by atoms with Crippen LogP contribution in [-0.4, -0.2) is 43.7 Å². The lowest BCUT2D eigenvalue weighted by atomic mass is 9.64. The molecular formula is C28H37N3O3. The van der Waals surface area contributed by atoms with E-state index in [9.17, 15) is 14.7 Å². The Morgan fingerprint density at radius 3 is 2.53 bits per heavy atom. The van der Waals surface area contributed by atoms with Gasteiger partial charge in [-0.2, -0.15) is 0 Å². The van der Waals surface area contributed by atoms with Gasteiger partial charge >= 0.3 is 5.97 Å². The van der Waals surface area contributed by atoms with Crippen LogP contribution in [0.3, 0.4) is 0 Å². The zero-order chi connectivity index (χ0) is 23.6. The van der Waals surface area contributed by atoms with Gasteiger partial charge in [0.25, 0.3) is 5.56 Å². The summed E-state index contributed by atoms with van der Waals surface area (Å²) >= 11 is 0. The second kappa shape index (κ2) is 8.47. The van der Waals surface area contributed by atoms with E-state index in [-0.39, 0.29) is 11.7 Å². The van der Waals surface area contributed by atoms with E-state index < -0.39 is 11.5 Å². The number of carboxylic acids is 1. The molecule has 1 aromatic carbocycles. The van der Waals surface area contributed by atoms with Crippen LogP contribution < -0.4 is 5.56 Å². The first-order valence-electron chi connectivity index (χ1n) is 13.4. The number of hydrogen-bond acceptors (Lipinski definition) is 4. The third kappa shape index (κ3) is 3.60. The fourth-order valence-electron chi connectivity index (χ4n) is 8.21. The van der Waals surface area contributed by atoms with Crippen LogP contribution in [0.1, 0.15) is 88.2 Å². The van der Waals surface area contributed by atoms with Crippen molar-refractivity contribution in [3.05, 3.63) is 40.3 Å². The summed E-state index contributed by atoms with van der Waals surface area (Å²) in [5.41, 5.74) is 0.557. The average Bonchev–Trinajstić information content (AvgIpc) is 2.83. The van der Waals surface area contributed by atoms with Crippen molar-refractivity contribution >= 4 is 17.0 Å². The Balaban J connectivity index is 1.36. The molecule has 2 saturated heterocycles. The molecule has 6 nitrogen and oxygen atoms in total. The molecule has 0 amide bonds. The first-order valence-corrected chi connectivity index (χ1v) is 13.4. The van der Waals surface area contributed by atoms with Crippen LogP contribution >= 0.6 is 0 Å². The number of nitrogens with zero attached hydrogens (tertiary/aromatic N) is 3.